The summed E-state index contributed by atoms with van der Waals surface area (Å²) in [6, 6.07) is 28.1. The van der Waals surface area contributed by atoms with Crippen LogP contribution in [-0.2, 0) is 11.4 Å². The third kappa shape index (κ3) is 4.35. The van der Waals surface area contributed by atoms with Gasteiger partial charge in [0.1, 0.15) is 12.1 Å². The van der Waals surface area contributed by atoms with Crippen LogP contribution in [0, 0.1) is 0 Å². The first-order valence-corrected chi connectivity index (χ1v) is 13.5. The molecule has 42 heavy (non-hydrogen) atoms. The fraction of sp³-hybridized carbons (Fsp3) is 0.152. The van der Waals surface area contributed by atoms with E-state index in [1.165, 1.54) is 0 Å². The summed E-state index contributed by atoms with van der Waals surface area (Å²) in [6.45, 7) is 2.00. The summed E-state index contributed by atoms with van der Waals surface area (Å²) in [6.07, 6.45) is 1.61. The van der Waals surface area contributed by atoms with Crippen molar-refractivity contribution >= 4 is 22.1 Å². The van der Waals surface area contributed by atoms with Crippen LogP contribution in [0.15, 0.2) is 96.4 Å². The van der Waals surface area contributed by atoms with Crippen molar-refractivity contribution in [2.24, 2.45) is 5.16 Å². The lowest BCUT2D eigenvalue weighted by Crippen LogP contribution is -2.15. The van der Waals surface area contributed by atoms with Gasteiger partial charge < -0.3 is 19.0 Å². The quantitative estimate of drug-likeness (QED) is 0.163. The van der Waals surface area contributed by atoms with E-state index < -0.39 is 0 Å². The molecule has 9 heteroatoms. The minimum absolute atomic E-state index is 0.0992. The second-order valence-corrected chi connectivity index (χ2v) is 9.92. The molecule has 0 aliphatic carbocycles. The van der Waals surface area contributed by atoms with E-state index in [4.69, 9.17) is 24.0 Å². The Morgan fingerprint density at radius 1 is 0.905 bits per heavy atom. The molecule has 4 aromatic carbocycles. The molecule has 0 fully saturated rings. The first-order valence-electron chi connectivity index (χ1n) is 13.5. The van der Waals surface area contributed by atoms with E-state index in [2.05, 4.69) is 33.4 Å². The summed E-state index contributed by atoms with van der Waals surface area (Å²) in [4.78, 5) is 15.2. The molecular formula is C33H27N5O4. The molecule has 0 saturated carbocycles. The van der Waals surface area contributed by atoms with Crippen molar-refractivity contribution in [3.05, 3.63) is 119 Å². The number of rotatable bonds is 7. The Hall–Kier alpha value is -5.44. The zero-order valence-electron chi connectivity index (χ0n) is 23.3. The van der Waals surface area contributed by atoms with Gasteiger partial charge in [0.05, 0.1) is 25.5 Å². The molecule has 9 nitrogen and oxygen atoms in total. The predicted molar refractivity (Wildman–Crippen MR) is 159 cm³/mol. The highest BCUT2D eigenvalue weighted by Gasteiger charge is 2.35. The molecule has 3 heterocycles. The highest BCUT2D eigenvalue weighted by Crippen LogP contribution is 2.51. The Labute approximate surface area is 242 Å². The first kappa shape index (κ1) is 25.5. The van der Waals surface area contributed by atoms with Crippen molar-refractivity contribution in [1.29, 1.82) is 0 Å². The Kier molecular flexibility index (Phi) is 6.39. The van der Waals surface area contributed by atoms with Crippen LogP contribution >= 0.6 is 0 Å². The van der Waals surface area contributed by atoms with Gasteiger partial charge in [0.25, 0.3) is 0 Å². The largest absolute Gasteiger partial charge is 0.493 e. The Morgan fingerprint density at radius 3 is 2.55 bits per heavy atom. The lowest BCUT2D eigenvalue weighted by Gasteiger charge is -2.29. The molecule has 1 atom stereocenters. The lowest BCUT2D eigenvalue weighted by atomic mass is 9.81. The minimum atomic E-state index is -0.276. The Bertz CT molecular complexity index is 1970. The summed E-state index contributed by atoms with van der Waals surface area (Å²) < 4.78 is 19.3. The molecule has 6 aromatic rings. The summed E-state index contributed by atoms with van der Waals surface area (Å²) in [5.74, 6) is 2.70. The van der Waals surface area contributed by atoms with E-state index in [0.29, 0.717) is 28.9 Å². The third-order valence-electron chi connectivity index (χ3n) is 7.47. The van der Waals surface area contributed by atoms with Crippen molar-refractivity contribution in [2.75, 3.05) is 14.2 Å². The fourth-order valence-electron chi connectivity index (χ4n) is 5.49. The van der Waals surface area contributed by atoms with Gasteiger partial charge in [-0.05, 0) is 47.0 Å². The van der Waals surface area contributed by atoms with Crippen molar-refractivity contribution in [1.82, 2.24) is 19.6 Å². The van der Waals surface area contributed by atoms with Crippen LogP contribution < -0.4 is 14.2 Å². The monoisotopic (exact) mass is 557 g/mol. The normalized spacial score (nSPS) is 14.3. The average molecular weight is 558 g/mol. The molecule has 7 rings (SSSR count). The van der Waals surface area contributed by atoms with Crippen LogP contribution in [0.3, 0.4) is 0 Å². The van der Waals surface area contributed by atoms with Crippen LogP contribution in [0.2, 0.25) is 0 Å². The fourth-order valence-corrected chi connectivity index (χ4v) is 5.49. The van der Waals surface area contributed by atoms with Gasteiger partial charge in [-0.25, -0.2) is 14.5 Å². The van der Waals surface area contributed by atoms with E-state index in [-0.39, 0.29) is 12.5 Å². The van der Waals surface area contributed by atoms with Gasteiger partial charge in [-0.1, -0.05) is 71.9 Å². The molecule has 0 spiro atoms. The van der Waals surface area contributed by atoms with Gasteiger partial charge in [0.15, 0.2) is 29.6 Å². The van der Waals surface area contributed by atoms with Crippen molar-refractivity contribution in [2.45, 2.75) is 19.4 Å². The van der Waals surface area contributed by atoms with Gasteiger partial charge >= 0.3 is 0 Å². The van der Waals surface area contributed by atoms with Crippen molar-refractivity contribution in [3.63, 3.8) is 0 Å². The molecule has 0 N–H and O–H groups in total. The van der Waals surface area contributed by atoms with E-state index in [0.717, 1.165) is 44.5 Å². The molecule has 208 valence electrons. The van der Waals surface area contributed by atoms with E-state index >= 15 is 0 Å². The van der Waals surface area contributed by atoms with Crippen LogP contribution in [-0.4, -0.2) is 39.5 Å². The number of nitrogens with zero attached hydrogens (tertiary/aromatic N) is 5. The van der Waals surface area contributed by atoms with Crippen LogP contribution in [0.5, 0.6) is 23.1 Å². The molecule has 0 radical (unpaired) electrons. The molecule has 0 bridgehead atoms. The number of aromatic nitrogens is 4. The van der Waals surface area contributed by atoms with E-state index in [1.807, 2.05) is 73.7 Å². The number of fused-ring (bicyclic) bond motifs is 6. The van der Waals surface area contributed by atoms with Crippen LogP contribution in [0.25, 0.3) is 16.4 Å². The van der Waals surface area contributed by atoms with Gasteiger partial charge in [0, 0.05) is 11.5 Å². The molecule has 1 aliphatic rings. The Balaban J connectivity index is 1.36. The van der Waals surface area contributed by atoms with Gasteiger partial charge in [-0.3, -0.25) is 0 Å². The van der Waals surface area contributed by atoms with E-state index in [1.54, 1.807) is 25.1 Å². The molecule has 2 aromatic heterocycles. The molecule has 1 unspecified atom stereocenters. The molecule has 0 saturated heterocycles. The van der Waals surface area contributed by atoms with Gasteiger partial charge in [-0.2, -0.15) is 0 Å². The van der Waals surface area contributed by atoms with Crippen molar-refractivity contribution < 1.29 is 19.0 Å². The van der Waals surface area contributed by atoms with Crippen molar-refractivity contribution in [3.8, 4) is 23.1 Å². The summed E-state index contributed by atoms with van der Waals surface area (Å²) in [7, 11) is 3.26. The molecular weight excluding hydrogens is 530 g/mol. The third-order valence-corrected chi connectivity index (χ3v) is 7.47. The van der Waals surface area contributed by atoms with Gasteiger partial charge in [0.2, 0.25) is 5.88 Å². The maximum atomic E-state index is 6.42. The smallest absolute Gasteiger partial charge is 0.228 e. The highest BCUT2D eigenvalue weighted by atomic mass is 16.6. The molecule has 0 amide bonds. The second-order valence-electron chi connectivity index (χ2n) is 9.92. The number of ether oxygens (including phenoxy) is 3. The number of hydrogen-bond acceptors (Lipinski definition) is 8. The first-order chi connectivity index (χ1) is 20.6. The molecule has 1 aliphatic heterocycles. The zero-order chi connectivity index (χ0) is 28.6. The standard InChI is InChI=1S/C33H27N5O4/c1-20(21-9-5-4-6-10-21)37-41-18-28-35-32-31-29(23-14-15-25(39-2)27(17-23)40-3)30-24-12-8-7-11-22(24)13-16-26(30)42-33(31)34-19-38(32)36-28/h4-17,19,29H,18H2,1-3H3. The average Bonchev–Trinajstić information content (AvgIpc) is 3.47. The highest BCUT2D eigenvalue weighted by molar-refractivity contribution is 5.98. The number of hydrogen-bond donors (Lipinski definition) is 0. The zero-order valence-corrected chi connectivity index (χ0v) is 23.3. The van der Waals surface area contributed by atoms with Gasteiger partial charge in [-0.15, -0.1) is 5.10 Å². The SMILES string of the molecule is COc1ccc(C2c3c(ccc4ccccc34)Oc3ncn4nc(CON=C(C)c5ccccc5)nc4c32)cc1OC. The summed E-state index contributed by atoms with van der Waals surface area (Å²) in [5.41, 5.74) is 5.18. The number of methoxy groups -OCH3 is 2. The minimum Gasteiger partial charge on any atom is -0.493 e. The van der Waals surface area contributed by atoms with E-state index in [9.17, 15) is 0 Å². The predicted octanol–water partition coefficient (Wildman–Crippen LogP) is 6.52. The maximum Gasteiger partial charge on any atom is 0.228 e. The van der Waals surface area contributed by atoms with Crippen LogP contribution in [0.1, 0.15) is 40.9 Å². The summed E-state index contributed by atoms with van der Waals surface area (Å²) in [5, 5.41) is 11.1. The number of oxime groups is 1. The Morgan fingerprint density at radius 2 is 1.71 bits per heavy atom. The maximum absolute atomic E-state index is 6.42. The number of benzene rings is 4. The second kappa shape index (κ2) is 10.5. The van der Waals surface area contributed by atoms with Crippen LogP contribution in [0.4, 0.5) is 0 Å². The topological polar surface area (TPSA) is 92.4 Å². The summed E-state index contributed by atoms with van der Waals surface area (Å²) >= 11 is 0. The lowest BCUT2D eigenvalue weighted by molar-refractivity contribution is 0.125.